The quantitative estimate of drug-likeness (QED) is 0.130. The lowest BCUT2D eigenvalue weighted by Gasteiger charge is -2.29. The zero-order valence-electron chi connectivity index (χ0n) is 25.5. The van der Waals surface area contributed by atoms with Crippen LogP contribution in [-0.4, -0.2) is 27.3 Å². The maximum Gasteiger partial charge on any atom is 0.255 e. The molecule has 4 aromatic carbocycles. The molecule has 1 atom stereocenters. The molecule has 240 valence electrons. The van der Waals surface area contributed by atoms with E-state index in [0.29, 0.717) is 66.4 Å². The molecular weight excluding hydrogens is 721 g/mol. The van der Waals surface area contributed by atoms with Crippen molar-refractivity contribution in [2.45, 2.75) is 37.4 Å². The summed E-state index contributed by atoms with van der Waals surface area (Å²) in [5, 5.41) is 13.1. The van der Waals surface area contributed by atoms with Crippen molar-refractivity contribution in [1.82, 2.24) is 14.8 Å². The van der Waals surface area contributed by atoms with Crippen LogP contribution in [0.1, 0.15) is 36.6 Å². The van der Waals surface area contributed by atoms with E-state index in [-0.39, 0.29) is 12.5 Å². The highest BCUT2D eigenvalue weighted by Gasteiger charge is 2.35. The summed E-state index contributed by atoms with van der Waals surface area (Å²) < 4.78 is 14.7. The number of carbonyl (C=O) groups excluding carboxylic acids is 1. The number of hydrogen-bond donors (Lipinski definition) is 2. The van der Waals surface area contributed by atoms with E-state index in [1.807, 2.05) is 105 Å². The van der Waals surface area contributed by atoms with E-state index < -0.39 is 6.04 Å². The number of nitrogens with zero attached hydrogens (tertiary/aromatic N) is 3. The molecule has 0 saturated heterocycles. The Hall–Kier alpha value is -3.96. The number of fused-ring (bicyclic) bond motifs is 1. The van der Waals surface area contributed by atoms with Crippen LogP contribution < -0.4 is 20.1 Å². The standard InChI is InChI=1S/C35H30BrCl2N5O3S/c1-3-45-29-18-24(17-26(36)32(29)46-19-22-11-7-9-15-27(22)37)31-30(33(44)40-25-13-5-4-6-14-25)21(2)39-34-41-35(42-43(31)34)47-20-23-12-8-10-16-28(23)38/h4-18,31H,3,19-20H2,1-2H3,(H,40,44)(H,39,41,42). The van der Waals surface area contributed by atoms with Crippen molar-refractivity contribution in [1.29, 1.82) is 0 Å². The highest BCUT2D eigenvalue weighted by atomic mass is 79.9. The zero-order chi connectivity index (χ0) is 32.9. The van der Waals surface area contributed by atoms with E-state index in [0.717, 1.165) is 16.7 Å². The molecule has 0 saturated carbocycles. The van der Waals surface area contributed by atoms with Crippen molar-refractivity contribution in [3.05, 3.63) is 133 Å². The van der Waals surface area contributed by atoms with Crippen LogP contribution in [0.15, 0.2) is 112 Å². The van der Waals surface area contributed by atoms with Crippen molar-refractivity contribution in [2.75, 3.05) is 17.2 Å². The van der Waals surface area contributed by atoms with Gasteiger partial charge in [0.1, 0.15) is 12.6 Å². The summed E-state index contributed by atoms with van der Waals surface area (Å²) in [6, 6.07) is 27.7. The van der Waals surface area contributed by atoms with Gasteiger partial charge in [-0.1, -0.05) is 89.6 Å². The summed E-state index contributed by atoms with van der Waals surface area (Å²) in [5.41, 5.74) is 4.38. The van der Waals surface area contributed by atoms with Crippen LogP contribution in [0.25, 0.3) is 0 Å². The van der Waals surface area contributed by atoms with Crippen molar-refractivity contribution in [3.63, 3.8) is 0 Å². The molecule has 2 N–H and O–H groups in total. The van der Waals surface area contributed by atoms with Crippen LogP contribution in [0.5, 0.6) is 11.5 Å². The summed E-state index contributed by atoms with van der Waals surface area (Å²) in [5.74, 6) is 1.86. The summed E-state index contributed by atoms with van der Waals surface area (Å²) in [7, 11) is 0. The van der Waals surface area contributed by atoms with Gasteiger partial charge < -0.3 is 20.1 Å². The van der Waals surface area contributed by atoms with Crippen molar-refractivity contribution >= 4 is 68.4 Å². The number of nitrogens with one attached hydrogen (secondary N) is 2. The molecule has 0 radical (unpaired) electrons. The first kappa shape index (κ1) is 33.0. The van der Waals surface area contributed by atoms with Crippen molar-refractivity contribution < 1.29 is 14.3 Å². The third kappa shape index (κ3) is 7.46. The zero-order valence-corrected chi connectivity index (χ0v) is 29.4. The minimum atomic E-state index is -0.648. The van der Waals surface area contributed by atoms with Crippen LogP contribution in [0.2, 0.25) is 10.0 Å². The molecule has 5 aromatic rings. The van der Waals surface area contributed by atoms with E-state index in [1.165, 1.54) is 11.8 Å². The molecule has 0 fully saturated rings. The number of thioether (sulfide) groups is 1. The fraction of sp³-hybridized carbons (Fsp3) is 0.171. The Kier molecular flexibility index (Phi) is 10.4. The predicted octanol–water partition coefficient (Wildman–Crippen LogP) is 9.54. The Morgan fingerprint density at radius 2 is 1.66 bits per heavy atom. The van der Waals surface area contributed by atoms with Gasteiger partial charge in [-0.25, -0.2) is 4.68 Å². The number of hydrogen-bond acceptors (Lipinski definition) is 7. The molecule has 0 bridgehead atoms. The predicted molar refractivity (Wildman–Crippen MR) is 192 cm³/mol. The van der Waals surface area contributed by atoms with Crippen molar-refractivity contribution in [2.24, 2.45) is 0 Å². The monoisotopic (exact) mass is 749 g/mol. The molecule has 2 heterocycles. The second-order valence-corrected chi connectivity index (χ2v) is 13.2. The molecule has 6 rings (SSSR count). The molecule has 1 amide bonds. The van der Waals surface area contributed by atoms with Gasteiger partial charge in [0.25, 0.3) is 5.91 Å². The number of amides is 1. The molecule has 1 aliphatic heterocycles. The fourth-order valence-electron chi connectivity index (χ4n) is 5.19. The maximum atomic E-state index is 14.0. The number of benzene rings is 4. The smallest absolute Gasteiger partial charge is 0.255 e. The topological polar surface area (TPSA) is 90.3 Å². The number of para-hydroxylation sites is 1. The Labute approximate surface area is 295 Å². The SMILES string of the molecule is CCOc1cc(C2C(C(=O)Nc3ccccc3)=C(C)Nc3nc(SCc4ccccc4Cl)nn32)cc(Br)c1OCc1ccccc1Cl. The molecule has 8 nitrogen and oxygen atoms in total. The molecule has 1 unspecified atom stereocenters. The number of halogens is 3. The lowest BCUT2D eigenvalue weighted by atomic mass is 9.94. The number of carbonyl (C=O) groups is 1. The van der Waals surface area contributed by atoms with E-state index >= 15 is 0 Å². The van der Waals surface area contributed by atoms with Gasteiger partial charge in [-0.3, -0.25) is 4.79 Å². The van der Waals surface area contributed by atoms with Gasteiger partial charge in [0, 0.05) is 32.7 Å². The molecule has 1 aliphatic rings. The highest BCUT2D eigenvalue weighted by molar-refractivity contribution is 9.10. The average Bonchev–Trinajstić information content (AvgIpc) is 3.47. The highest BCUT2D eigenvalue weighted by Crippen LogP contribution is 2.44. The summed E-state index contributed by atoms with van der Waals surface area (Å²) >= 11 is 18.0. The number of aromatic nitrogens is 3. The van der Waals surface area contributed by atoms with Crippen LogP contribution >= 0.6 is 50.9 Å². The normalized spacial score (nSPS) is 13.9. The van der Waals surface area contributed by atoms with Gasteiger partial charge in [0.05, 0.1) is 16.7 Å². The second-order valence-electron chi connectivity index (χ2n) is 10.6. The summed E-state index contributed by atoms with van der Waals surface area (Å²) in [6.07, 6.45) is 0. The van der Waals surface area contributed by atoms with Gasteiger partial charge in [0.2, 0.25) is 11.1 Å². The maximum absolute atomic E-state index is 14.0. The van der Waals surface area contributed by atoms with Crippen LogP contribution in [0.4, 0.5) is 11.6 Å². The van der Waals surface area contributed by atoms with Crippen LogP contribution in [0, 0.1) is 0 Å². The summed E-state index contributed by atoms with van der Waals surface area (Å²) in [4.78, 5) is 18.8. The second kappa shape index (κ2) is 14.9. The van der Waals surface area contributed by atoms with E-state index in [1.54, 1.807) is 4.68 Å². The first-order valence-corrected chi connectivity index (χ1v) is 17.3. The Balaban J connectivity index is 1.39. The number of anilines is 2. The lowest BCUT2D eigenvalue weighted by molar-refractivity contribution is -0.113. The fourth-order valence-corrected chi connectivity index (χ4v) is 7.07. The molecule has 47 heavy (non-hydrogen) atoms. The largest absolute Gasteiger partial charge is 0.490 e. The first-order valence-electron chi connectivity index (χ1n) is 14.8. The Morgan fingerprint density at radius 1 is 0.979 bits per heavy atom. The Morgan fingerprint density at radius 3 is 2.36 bits per heavy atom. The molecular formula is C35H30BrCl2N5O3S. The molecule has 0 aliphatic carbocycles. The van der Waals surface area contributed by atoms with Gasteiger partial charge in [0.15, 0.2) is 11.5 Å². The average molecular weight is 752 g/mol. The molecule has 1 aromatic heterocycles. The minimum Gasteiger partial charge on any atom is -0.490 e. The first-order chi connectivity index (χ1) is 22.8. The van der Waals surface area contributed by atoms with E-state index in [9.17, 15) is 4.79 Å². The van der Waals surface area contributed by atoms with Crippen LogP contribution in [-0.2, 0) is 17.2 Å². The van der Waals surface area contributed by atoms with Gasteiger partial charge in [-0.15, -0.1) is 5.10 Å². The molecule has 12 heteroatoms. The van der Waals surface area contributed by atoms with E-state index in [4.69, 9.17) is 42.8 Å². The van der Waals surface area contributed by atoms with Gasteiger partial charge >= 0.3 is 0 Å². The third-order valence-corrected chi connectivity index (χ3v) is 9.61. The Bertz CT molecular complexity index is 1950. The van der Waals surface area contributed by atoms with Gasteiger partial charge in [-0.05, 0) is 77.3 Å². The molecule has 0 spiro atoms. The number of allylic oxidation sites excluding steroid dienone is 1. The van der Waals surface area contributed by atoms with E-state index in [2.05, 4.69) is 26.6 Å². The van der Waals surface area contributed by atoms with Crippen molar-refractivity contribution in [3.8, 4) is 11.5 Å². The third-order valence-electron chi connectivity index (χ3n) is 7.40. The minimum absolute atomic E-state index is 0.244. The summed E-state index contributed by atoms with van der Waals surface area (Å²) in [6.45, 7) is 4.41. The van der Waals surface area contributed by atoms with Crippen LogP contribution in [0.3, 0.4) is 0 Å². The van der Waals surface area contributed by atoms with Gasteiger partial charge in [-0.2, -0.15) is 4.98 Å². The lowest BCUT2D eigenvalue weighted by Crippen LogP contribution is -2.31. The number of ether oxygens (including phenoxy) is 2. The number of rotatable bonds is 11.